The fraction of sp³-hybridized carbons (Fsp3) is 0.107. The van der Waals surface area contributed by atoms with Crippen molar-refractivity contribution >= 4 is 38.6 Å². The second-order valence-corrected chi connectivity index (χ2v) is 10.6. The number of sulfonamides is 1. The van der Waals surface area contributed by atoms with Gasteiger partial charge in [-0.1, -0.05) is 29.8 Å². The highest BCUT2D eigenvalue weighted by molar-refractivity contribution is 7.92. The lowest BCUT2D eigenvalue weighted by Crippen LogP contribution is -2.30. The van der Waals surface area contributed by atoms with Gasteiger partial charge in [-0.25, -0.2) is 28.1 Å². The van der Waals surface area contributed by atoms with Gasteiger partial charge in [-0.3, -0.25) is 14.2 Å². The van der Waals surface area contributed by atoms with Crippen molar-refractivity contribution in [3.05, 3.63) is 118 Å². The Morgan fingerprint density at radius 2 is 1.67 bits per heavy atom. The Labute approximate surface area is 224 Å². The van der Waals surface area contributed by atoms with Crippen LogP contribution < -0.4 is 15.6 Å². The van der Waals surface area contributed by atoms with Crippen molar-refractivity contribution in [2.75, 3.05) is 10.0 Å². The largest absolute Gasteiger partial charge is 0.322 e. The van der Waals surface area contributed by atoms with Crippen LogP contribution in [0.3, 0.4) is 0 Å². The summed E-state index contributed by atoms with van der Waals surface area (Å²) in [6.45, 7) is 3.95. The van der Waals surface area contributed by atoms with E-state index < -0.39 is 21.5 Å². The van der Waals surface area contributed by atoms with Gasteiger partial charge < -0.3 is 5.32 Å². The summed E-state index contributed by atoms with van der Waals surface area (Å²) in [5.74, 6) is -0.662. The minimum absolute atomic E-state index is 0.0390. The van der Waals surface area contributed by atoms with Gasteiger partial charge in [0.05, 0.1) is 11.4 Å². The van der Waals surface area contributed by atoms with Crippen LogP contribution in [0, 0.1) is 13.8 Å². The summed E-state index contributed by atoms with van der Waals surface area (Å²) in [6, 6.07) is 20.0. The molecule has 0 atom stereocenters. The minimum atomic E-state index is -3.94. The first kappa shape index (κ1) is 25.7. The van der Waals surface area contributed by atoms with Crippen LogP contribution in [-0.4, -0.2) is 33.8 Å². The van der Waals surface area contributed by atoms with Gasteiger partial charge in [0.25, 0.3) is 21.5 Å². The Kier molecular flexibility index (Phi) is 6.90. The molecule has 0 spiro atoms. The predicted molar refractivity (Wildman–Crippen MR) is 148 cm³/mol. The summed E-state index contributed by atoms with van der Waals surface area (Å²) in [7, 11) is -3.94. The van der Waals surface area contributed by atoms with Gasteiger partial charge in [0.15, 0.2) is 0 Å². The van der Waals surface area contributed by atoms with Crippen molar-refractivity contribution in [3.63, 3.8) is 0 Å². The Hall–Kier alpha value is -4.90. The van der Waals surface area contributed by atoms with Crippen LogP contribution >= 0.6 is 0 Å². The molecule has 3 heterocycles. The highest BCUT2D eigenvalue weighted by Gasteiger charge is 2.19. The Morgan fingerprint density at radius 3 is 2.38 bits per heavy atom. The SMILES string of the molecule is Cc1ccc(Cn2c(=O)c(C(=O)Nc3ccc(S(=O)(=O)Nc4nccc(C)n4)cc3)cc3cccnc32)cc1. The third-order valence-electron chi connectivity index (χ3n) is 6.00. The number of fused-ring (bicyclic) bond motifs is 1. The number of aryl methyl sites for hydroxylation is 2. The van der Waals surface area contributed by atoms with E-state index in [0.29, 0.717) is 22.4 Å². The van der Waals surface area contributed by atoms with Crippen molar-refractivity contribution in [2.24, 2.45) is 0 Å². The molecule has 0 aliphatic carbocycles. The molecule has 3 aromatic heterocycles. The third kappa shape index (κ3) is 5.68. The highest BCUT2D eigenvalue weighted by atomic mass is 32.2. The number of aromatic nitrogens is 4. The van der Waals surface area contributed by atoms with Crippen LogP contribution in [0.2, 0.25) is 0 Å². The van der Waals surface area contributed by atoms with Gasteiger partial charge in [0.2, 0.25) is 5.95 Å². The van der Waals surface area contributed by atoms with E-state index >= 15 is 0 Å². The molecule has 0 unspecified atom stereocenters. The van der Waals surface area contributed by atoms with Gasteiger partial charge >= 0.3 is 0 Å². The van der Waals surface area contributed by atoms with E-state index in [4.69, 9.17) is 0 Å². The number of amides is 1. The molecule has 0 radical (unpaired) electrons. The zero-order valence-corrected chi connectivity index (χ0v) is 21.9. The van der Waals surface area contributed by atoms with Gasteiger partial charge in [-0.15, -0.1) is 0 Å². The molecular formula is C28H24N6O4S. The lowest BCUT2D eigenvalue weighted by Gasteiger charge is -2.13. The summed E-state index contributed by atoms with van der Waals surface area (Å²) < 4.78 is 29.2. The highest BCUT2D eigenvalue weighted by Crippen LogP contribution is 2.18. The number of pyridine rings is 2. The van der Waals surface area contributed by atoms with Crippen molar-refractivity contribution < 1.29 is 13.2 Å². The number of hydrogen-bond donors (Lipinski definition) is 2. The fourth-order valence-corrected chi connectivity index (χ4v) is 4.94. The van der Waals surface area contributed by atoms with E-state index in [9.17, 15) is 18.0 Å². The maximum absolute atomic E-state index is 13.4. The van der Waals surface area contributed by atoms with Gasteiger partial charge in [-0.2, -0.15) is 0 Å². The molecule has 0 bridgehead atoms. The number of benzene rings is 2. The molecule has 196 valence electrons. The first-order valence-corrected chi connectivity index (χ1v) is 13.5. The van der Waals surface area contributed by atoms with E-state index in [-0.39, 0.29) is 23.0 Å². The summed E-state index contributed by atoms with van der Waals surface area (Å²) in [4.78, 5) is 38.9. The van der Waals surface area contributed by atoms with Crippen LogP contribution in [0.5, 0.6) is 0 Å². The average molecular weight is 541 g/mol. The number of anilines is 2. The van der Waals surface area contributed by atoms with Gasteiger partial charge in [0, 0.05) is 29.2 Å². The van der Waals surface area contributed by atoms with Crippen molar-refractivity contribution in [3.8, 4) is 0 Å². The Bertz CT molecular complexity index is 1850. The van der Waals surface area contributed by atoms with Crippen LogP contribution in [-0.2, 0) is 16.6 Å². The van der Waals surface area contributed by atoms with E-state index in [1.54, 1.807) is 31.3 Å². The van der Waals surface area contributed by atoms with Crippen molar-refractivity contribution in [2.45, 2.75) is 25.3 Å². The molecule has 5 aromatic rings. The van der Waals surface area contributed by atoms with Gasteiger partial charge in [0.1, 0.15) is 11.2 Å². The summed E-state index contributed by atoms with van der Waals surface area (Å²) in [5, 5.41) is 3.32. The standard InChI is InChI=1S/C28H24N6O4S/c1-18-5-7-20(8-6-18)17-34-25-21(4-3-14-29-25)16-24(27(34)36)26(35)32-22-9-11-23(12-10-22)39(37,38)33-28-30-15-13-19(2)31-28/h3-16H,17H2,1-2H3,(H,32,35)(H,30,31,33). The van der Waals surface area contributed by atoms with Crippen molar-refractivity contribution in [1.82, 2.24) is 19.5 Å². The van der Waals surface area contributed by atoms with E-state index in [1.165, 1.54) is 41.1 Å². The monoisotopic (exact) mass is 540 g/mol. The van der Waals surface area contributed by atoms with E-state index in [2.05, 4.69) is 25.0 Å². The fourth-order valence-electron chi connectivity index (χ4n) is 3.98. The molecule has 0 fully saturated rings. The molecular weight excluding hydrogens is 516 g/mol. The molecule has 0 saturated heterocycles. The smallest absolute Gasteiger partial charge is 0.265 e. The summed E-state index contributed by atoms with van der Waals surface area (Å²) >= 11 is 0. The lowest BCUT2D eigenvalue weighted by molar-refractivity contribution is 0.102. The zero-order chi connectivity index (χ0) is 27.6. The number of carbonyl (C=O) groups is 1. The molecule has 0 aliphatic rings. The molecule has 0 aliphatic heterocycles. The molecule has 1 amide bonds. The number of hydrogen-bond acceptors (Lipinski definition) is 7. The second kappa shape index (κ2) is 10.5. The van der Waals surface area contributed by atoms with Crippen LogP contribution in [0.15, 0.2) is 94.9 Å². The first-order chi connectivity index (χ1) is 18.7. The normalized spacial score (nSPS) is 11.3. The maximum atomic E-state index is 13.4. The summed E-state index contributed by atoms with van der Waals surface area (Å²) in [6.07, 6.45) is 3.05. The van der Waals surface area contributed by atoms with Crippen molar-refractivity contribution in [1.29, 1.82) is 0 Å². The molecule has 2 aromatic carbocycles. The molecule has 10 nitrogen and oxygen atoms in total. The first-order valence-electron chi connectivity index (χ1n) is 12.0. The number of carbonyl (C=O) groups excluding carboxylic acids is 1. The minimum Gasteiger partial charge on any atom is -0.322 e. The molecule has 5 rings (SSSR count). The molecule has 39 heavy (non-hydrogen) atoms. The molecule has 11 heteroatoms. The Balaban J connectivity index is 1.40. The number of nitrogens with zero attached hydrogens (tertiary/aromatic N) is 4. The quantitative estimate of drug-likeness (QED) is 0.319. The zero-order valence-electron chi connectivity index (χ0n) is 21.1. The Morgan fingerprint density at radius 1 is 0.923 bits per heavy atom. The van der Waals surface area contributed by atoms with E-state index in [1.807, 2.05) is 31.2 Å². The number of rotatable bonds is 7. The van der Waals surface area contributed by atoms with Crippen LogP contribution in [0.1, 0.15) is 27.2 Å². The van der Waals surface area contributed by atoms with E-state index in [0.717, 1.165) is 11.1 Å². The topological polar surface area (TPSA) is 136 Å². The summed E-state index contributed by atoms with van der Waals surface area (Å²) in [5.41, 5.74) is 2.86. The molecule has 0 saturated carbocycles. The average Bonchev–Trinajstić information content (AvgIpc) is 2.91. The molecule has 2 N–H and O–H groups in total. The lowest BCUT2D eigenvalue weighted by atomic mass is 10.1. The van der Waals surface area contributed by atoms with Crippen LogP contribution in [0.25, 0.3) is 11.0 Å². The van der Waals surface area contributed by atoms with Gasteiger partial charge in [-0.05, 0) is 67.9 Å². The maximum Gasteiger partial charge on any atom is 0.265 e. The number of nitrogens with one attached hydrogen (secondary N) is 2. The third-order valence-corrected chi connectivity index (χ3v) is 7.34. The van der Waals surface area contributed by atoms with Crippen LogP contribution in [0.4, 0.5) is 11.6 Å². The predicted octanol–water partition coefficient (Wildman–Crippen LogP) is 3.90. The second-order valence-electron chi connectivity index (χ2n) is 8.96.